The van der Waals surface area contributed by atoms with Gasteiger partial charge in [-0.05, 0) is 47.6 Å². The van der Waals surface area contributed by atoms with Crippen LogP contribution in [0.1, 0.15) is 26.7 Å². The minimum Gasteiger partial charge on any atom is -0.309 e. The first-order valence-corrected chi connectivity index (χ1v) is 5.36. The van der Waals surface area contributed by atoms with Crippen LogP contribution in [-0.4, -0.2) is 55.9 Å². The second kappa shape index (κ2) is 6.96. The zero-order chi connectivity index (χ0) is 11.1. The van der Waals surface area contributed by atoms with Crippen LogP contribution in [0.25, 0.3) is 0 Å². The average molecular weight is 200 g/mol. The number of Topliss-reactive ketones (excluding diaryl/α,β-unsaturated/α-hetero) is 1. The summed E-state index contributed by atoms with van der Waals surface area (Å²) in [6.45, 7) is 5.98. The first-order valence-electron chi connectivity index (χ1n) is 5.36. The maximum Gasteiger partial charge on any atom is 0.149 e. The van der Waals surface area contributed by atoms with Crippen molar-refractivity contribution in [3.8, 4) is 0 Å². The molecule has 0 aromatic heterocycles. The van der Waals surface area contributed by atoms with Crippen molar-refractivity contribution in [1.82, 2.24) is 9.80 Å². The molecule has 0 aromatic rings. The van der Waals surface area contributed by atoms with Crippen molar-refractivity contribution in [3.05, 3.63) is 0 Å². The van der Waals surface area contributed by atoms with Crippen LogP contribution in [0.15, 0.2) is 0 Å². The van der Waals surface area contributed by atoms with E-state index in [9.17, 15) is 4.79 Å². The number of nitrogens with zero attached hydrogens (tertiary/aromatic N) is 2. The van der Waals surface area contributed by atoms with Gasteiger partial charge < -0.3 is 4.90 Å². The molecule has 84 valence electrons. The molecule has 0 rings (SSSR count). The second-order valence-corrected chi connectivity index (χ2v) is 4.13. The van der Waals surface area contributed by atoms with Crippen LogP contribution in [-0.2, 0) is 4.79 Å². The van der Waals surface area contributed by atoms with E-state index in [1.807, 2.05) is 20.9 Å². The lowest BCUT2D eigenvalue weighted by Gasteiger charge is -2.23. The highest BCUT2D eigenvalue weighted by molar-refractivity contribution is 5.83. The van der Waals surface area contributed by atoms with E-state index in [1.54, 1.807) is 0 Å². The molecule has 0 aliphatic rings. The largest absolute Gasteiger partial charge is 0.309 e. The number of carbonyl (C=O) groups is 1. The van der Waals surface area contributed by atoms with Crippen LogP contribution in [0.3, 0.4) is 0 Å². The molecule has 0 saturated heterocycles. The van der Waals surface area contributed by atoms with Gasteiger partial charge in [-0.3, -0.25) is 9.69 Å². The van der Waals surface area contributed by atoms with Crippen LogP contribution in [0.2, 0.25) is 0 Å². The second-order valence-electron chi connectivity index (χ2n) is 4.13. The molecule has 0 bridgehead atoms. The van der Waals surface area contributed by atoms with Crippen molar-refractivity contribution >= 4 is 5.78 Å². The molecule has 0 aromatic carbocycles. The molecular formula is C11H24N2O. The summed E-state index contributed by atoms with van der Waals surface area (Å²) >= 11 is 0. The molecule has 14 heavy (non-hydrogen) atoms. The van der Waals surface area contributed by atoms with E-state index >= 15 is 0 Å². The molecule has 0 radical (unpaired) electrons. The Bertz CT molecular complexity index is 169. The van der Waals surface area contributed by atoms with E-state index in [1.165, 1.54) is 0 Å². The Hall–Kier alpha value is -0.410. The molecule has 3 heteroatoms. The number of hydrogen-bond acceptors (Lipinski definition) is 3. The minimum atomic E-state index is 0.0714. The first-order chi connectivity index (χ1) is 6.49. The fourth-order valence-electron chi connectivity index (χ4n) is 1.37. The highest BCUT2D eigenvalue weighted by Crippen LogP contribution is 2.01. The maximum atomic E-state index is 11.4. The highest BCUT2D eigenvalue weighted by Gasteiger charge is 2.15. The van der Waals surface area contributed by atoms with Crippen LogP contribution < -0.4 is 0 Å². The zero-order valence-electron chi connectivity index (χ0n) is 10.2. The third-order valence-corrected chi connectivity index (χ3v) is 2.59. The molecule has 0 N–H and O–H groups in total. The Kier molecular flexibility index (Phi) is 6.75. The average Bonchev–Trinajstić information content (AvgIpc) is 2.14. The quantitative estimate of drug-likeness (QED) is 0.618. The van der Waals surface area contributed by atoms with Crippen LogP contribution in [0, 0.1) is 0 Å². The van der Waals surface area contributed by atoms with Gasteiger partial charge in [-0.25, -0.2) is 0 Å². The first kappa shape index (κ1) is 13.6. The van der Waals surface area contributed by atoms with E-state index in [4.69, 9.17) is 0 Å². The van der Waals surface area contributed by atoms with Gasteiger partial charge in [0, 0.05) is 6.42 Å². The monoisotopic (exact) mass is 200 g/mol. The van der Waals surface area contributed by atoms with Gasteiger partial charge in [-0.15, -0.1) is 0 Å². The Morgan fingerprint density at radius 1 is 1.21 bits per heavy atom. The lowest BCUT2D eigenvalue weighted by molar-refractivity contribution is -0.123. The number of likely N-dealkylation sites (N-methyl/N-ethyl adjacent to an activating group) is 1. The Morgan fingerprint density at radius 2 is 1.79 bits per heavy atom. The number of ketones is 1. The summed E-state index contributed by atoms with van der Waals surface area (Å²) in [7, 11) is 6.16. The van der Waals surface area contributed by atoms with Gasteiger partial charge in [0.1, 0.15) is 5.78 Å². The molecule has 0 amide bonds. The predicted octanol–water partition coefficient (Wildman–Crippen LogP) is 1.24. The fraction of sp³-hybridized carbons (Fsp3) is 0.909. The van der Waals surface area contributed by atoms with Crippen LogP contribution >= 0.6 is 0 Å². The van der Waals surface area contributed by atoms with Crippen molar-refractivity contribution in [1.29, 1.82) is 0 Å². The molecule has 0 spiro atoms. The van der Waals surface area contributed by atoms with Crippen molar-refractivity contribution in [2.75, 3.05) is 34.2 Å². The summed E-state index contributed by atoms with van der Waals surface area (Å²) in [6, 6.07) is 0.0714. The third kappa shape index (κ3) is 5.35. The van der Waals surface area contributed by atoms with Crippen molar-refractivity contribution < 1.29 is 4.79 Å². The molecule has 0 saturated carbocycles. The topological polar surface area (TPSA) is 23.6 Å². The number of rotatable bonds is 7. The SMILES string of the molecule is CCC(=O)C(C)N(C)CCCN(C)C. The summed E-state index contributed by atoms with van der Waals surface area (Å²) in [5.41, 5.74) is 0. The standard InChI is InChI=1S/C11H24N2O/c1-6-11(14)10(2)13(5)9-7-8-12(3)4/h10H,6-9H2,1-5H3. The lowest BCUT2D eigenvalue weighted by Crippen LogP contribution is -2.37. The van der Waals surface area contributed by atoms with Crippen molar-refractivity contribution in [2.45, 2.75) is 32.7 Å². The molecule has 0 aliphatic carbocycles. The molecule has 0 fully saturated rings. The Labute approximate surface area is 88.1 Å². The summed E-state index contributed by atoms with van der Waals surface area (Å²) in [5, 5.41) is 0. The minimum absolute atomic E-state index is 0.0714. The van der Waals surface area contributed by atoms with E-state index in [-0.39, 0.29) is 6.04 Å². The Morgan fingerprint density at radius 3 is 2.21 bits per heavy atom. The summed E-state index contributed by atoms with van der Waals surface area (Å²) in [5.74, 6) is 0.331. The number of hydrogen-bond donors (Lipinski definition) is 0. The van der Waals surface area contributed by atoms with Gasteiger partial charge in [0.25, 0.3) is 0 Å². The maximum absolute atomic E-state index is 11.4. The molecule has 1 unspecified atom stereocenters. The van der Waals surface area contributed by atoms with Crippen molar-refractivity contribution in [2.24, 2.45) is 0 Å². The van der Waals surface area contributed by atoms with Gasteiger partial charge in [0.05, 0.1) is 6.04 Å². The molecule has 0 aliphatic heterocycles. The van der Waals surface area contributed by atoms with Gasteiger partial charge >= 0.3 is 0 Å². The van der Waals surface area contributed by atoms with Gasteiger partial charge in [-0.2, -0.15) is 0 Å². The lowest BCUT2D eigenvalue weighted by atomic mass is 10.1. The molecule has 0 heterocycles. The van der Waals surface area contributed by atoms with Gasteiger partial charge in [-0.1, -0.05) is 6.92 Å². The Balaban J connectivity index is 3.72. The van der Waals surface area contributed by atoms with E-state index in [0.717, 1.165) is 19.5 Å². The highest BCUT2D eigenvalue weighted by atomic mass is 16.1. The smallest absolute Gasteiger partial charge is 0.149 e. The fourth-order valence-corrected chi connectivity index (χ4v) is 1.37. The summed E-state index contributed by atoms with van der Waals surface area (Å²) < 4.78 is 0. The van der Waals surface area contributed by atoms with Crippen molar-refractivity contribution in [3.63, 3.8) is 0 Å². The van der Waals surface area contributed by atoms with Gasteiger partial charge in [0.2, 0.25) is 0 Å². The molecular weight excluding hydrogens is 176 g/mol. The van der Waals surface area contributed by atoms with Crippen LogP contribution in [0.5, 0.6) is 0 Å². The molecule has 3 nitrogen and oxygen atoms in total. The van der Waals surface area contributed by atoms with Crippen LogP contribution in [0.4, 0.5) is 0 Å². The molecule has 1 atom stereocenters. The van der Waals surface area contributed by atoms with E-state index < -0.39 is 0 Å². The van der Waals surface area contributed by atoms with Gasteiger partial charge in [0.15, 0.2) is 0 Å². The normalized spacial score (nSPS) is 13.6. The summed E-state index contributed by atoms with van der Waals surface area (Å²) in [4.78, 5) is 15.7. The number of carbonyl (C=O) groups excluding carboxylic acids is 1. The zero-order valence-corrected chi connectivity index (χ0v) is 10.2. The van der Waals surface area contributed by atoms with E-state index in [2.05, 4.69) is 23.9 Å². The van der Waals surface area contributed by atoms with E-state index in [0.29, 0.717) is 12.2 Å². The third-order valence-electron chi connectivity index (χ3n) is 2.59. The predicted molar refractivity (Wildman–Crippen MR) is 60.6 cm³/mol. The summed E-state index contributed by atoms with van der Waals surface area (Å²) in [6.07, 6.45) is 1.75.